The minimum atomic E-state index is -1.03. The third kappa shape index (κ3) is 6.50. The van der Waals surface area contributed by atoms with Crippen molar-refractivity contribution in [3.63, 3.8) is 0 Å². The highest BCUT2D eigenvalue weighted by molar-refractivity contribution is 8.00. The van der Waals surface area contributed by atoms with Crippen LogP contribution in [-0.4, -0.2) is 61.6 Å². The molecule has 1 rings (SSSR count). The second kappa shape index (κ2) is 9.25. The number of thioether (sulfide) groups is 1. The van der Waals surface area contributed by atoms with Gasteiger partial charge in [0.05, 0.1) is 19.5 Å². The van der Waals surface area contributed by atoms with E-state index in [1.807, 2.05) is 24.3 Å². The van der Waals surface area contributed by atoms with E-state index >= 15 is 0 Å². The lowest BCUT2D eigenvalue weighted by molar-refractivity contribution is -0.143. The largest absolute Gasteiger partial charge is 0.497 e. The normalized spacial score (nSPS) is 10.2. The number of hydrogen-bond acceptors (Lipinski definition) is 5. The van der Waals surface area contributed by atoms with Crippen molar-refractivity contribution in [3.05, 3.63) is 24.3 Å². The first-order chi connectivity index (χ1) is 10.1. The molecule has 21 heavy (non-hydrogen) atoms. The molecular weight excluding hydrogens is 294 g/mol. The van der Waals surface area contributed by atoms with Crippen LogP contribution in [0.1, 0.15) is 0 Å². The molecule has 0 heterocycles. The van der Waals surface area contributed by atoms with Gasteiger partial charge in [0, 0.05) is 18.6 Å². The zero-order chi connectivity index (χ0) is 15.7. The van der Waals surface area contributed by atoms with Crippen molar-refractivity contribution >= 4 is 23.6 Å². The second-order valence-electron chi connectivity index (χ2n) is 4.17. The van der Waals surface area contributed by atoms with E-state index in [9.17, 15) is 9.59 Å². The molecule has 0 aliphatic heterocycles. The predicted octanol–water partition coefficient (Wildman–Crippen LogP) is 1.35. The molecule has 6 nitrogen and oxygen atoms in total. The average Bonchev–Trinajstić information content (AvgIpc) is 2.49. The number of carboxylic acid groups (broad SMARTS) is 1. The first kappa shape index (κ1) is 17.3. The molecule has 0 radical (unpaired) electrons. The fourth-order valence-corrected chi connectivity index (χ4v) is 2.37. The van der Waals surface area contributed by atoms with Crippen molar-refractivity contribution in [1.82, 2.24) is 4.90 Å². The number of nitrogens with zero attached hydrogens (tertiary/aromatic N) is 1. The van der Waals surface area contributed by atoms with Gasteiger partial charge in [-0.25, -0.2) is 0 Å². The molecule has 0 saturated carbocycles. The maximum absolute atomic E-state index is 12.0. The van der Waals surface area contributed by atoms with Crippen LogP contribution in [0.4, 0.5) is 0 Å². The molecule has 1 amide bonds. The molecule has 0 bridgehead atoms. The van der Waals surface area contributed by atoms with Crippen molar-refractivity contribution < 1.29 is 24.2 Å². The van der Waals surface area contributed by atoms with Crippen molar-refractivity contribution in [3.8, 4) is 5.75 Å². The lowest BCUT2D eigenvalue weighted by Gasteiger charge is -2.20. The Labute approximate surface area is 128 Å². The lowest BCUT2D eigenvalue weighted by atomic mass is 10.3. The van der Waals surface area contributed by atoms with Gasteiger partial charge in [-0.3, -0.25) is 9.59 Å². The molecule has 1 aromatic carbocycles. The molecule has 0 aromatic heterocycles. The number of carboxylic acids is 1. The van der Waals surface area contributed by atoms with E-state index in [0.29, 0.717) is 6.61 Å². The van der Waals surface area contributed by atoms with Gasteiger partial charge in [-0.15, -0.1) is 11.8 Å². The molecule has 0 unspecified atom stereocenters. The molecular formula is C14H19NO5S. The third-order valence-electron chi connectivity index (χ3n) is 2.67. The van der Waals surface area contributed by atoms with E-state index in [1.165, 1.54) is 23.8 Å². The van der Waals surface area contributed by atoms with E-state index in [2.05, 4.69) is 0 Å². The van der Waals surface area contributed by atoms with Crippen molar-refractivity contribution in [1.29, 1.82) is 0 Å². The molecule has 0 saturated heterocycles. The summed E-state index contributed by atoms with van der Waals surface area (Å²) in [5.41, 5.74) is 0. The number of aliphatic carboxylic acids is 1. The van der Waals surface area contributed by atoms with Gasteiger partial charge in [0.25, 0.3) is 0 Å². The van der Waals surface area contributed by atoms with Gasteiger partial charge in [-0.2, -0.15) is 0 Å². The first-order valence-corrected chi connectivity index (χ1v) is 7.30. The molecule has 1 N–H and O–H groups in total. The Morgan fingerprint density at radius 3 is 2.43 bits per heavy atom. The SMILES string of the molecule is COCCN(CC(=O)O)C(=O)CSc1ccc(OC)cc1. The van der Waals surface area contributed by atoms with Crippen LogP contribution < -0.4 is 4.74 Å². The Hall–Kier alpha value is -1.73. The molecule has 116 valence electrons. The number of ether oxygens (including phenoxy) is 2. The van der Waals surface area contributed by atoms with E-state index in [1.54, 1.807) is 7.11 Å². The van der Waals surface area contributed by atoms with Gasteiger partial charge in [0.15, 0.2) is 0 Å². The van der Waals surface area contributed by atoms with Crippen LogP contribution in [0.15, 0.2) is 29.2 Å². The number of carbonyl (C=O) groups excluding carboxylic acids is 1. The molecule has 0 atom stereocenters. The van der Waals surface area contributed by atoms with E-state index in [4.69, 9.17) is 14.6 Å². The van der Waals surface area contributed by atoms with Gasteiger partial charge < -0.3 is 19.5 Å². The Morgan fingerprint density at radius 1 is 1.24 bits per heavy atom. The van der Waals surface area contributed by atoms with E-state index in [0.717, 1.165) is 10.6 Å². The Bertz CT molecular complexity index is 463. The third-order valence-corrected chi connectivity index (χ3v) is 3.66. The molecule has 0 fully saturated rings. The minimum Gasteiger partial charge on any atom is -0.497 e. The van der Waals surface area contributed by atoms with Crippen molar-refractivity contribution in [2.24, 2.45) is 0 Å². The number of amides is 1. The highest BCUT2D eigenvalue weighted by atomic mass is 32.2. The lowest BCUT2D eigenvalue weighted by Crippen LogP contribution is -2.39. The highest BCUT2D eigenvalue weighted by Gasteiger charge is 2.16. The second-order valence-corrected chi connectivity index (χ2v) is 5.21. The maximum atomic E-state index is 12.0. The van der Waals surface area contributed by atoms with Gasteiger partial charge in [-0.1, -0.05) is 0 Å². The number of benzene rings is 1. The standard InChI is InChI=1S/C14H19NO5S/c1-19-8-7-15(9-14(17)18)13(16)10-21-12-5-3-11(20-2)4-6-12/h3-6H,7-10H2,1-2H3,(H,17,18). The Balaban J connectivity index is 2.52. The summed E-state index contributed by atoms with van der Waals surface area (Å²) in [4.78, 5) is 25.0. The fourth-order valence-electron chi connectivity index (χ4n) is 1.56. The predicted molar refractivity (Wildman–Crippen MR) is 79.8 cm³/mol. The summed E-state index contributed by atoms with van der Waals surface area (Å²) in [6.45, 7) is 0.266. The van der Waals surface area contributed by atoms with Crippen LogP contribution in [0.5, 0.6) is 5.75 Å². The fraction of sp³-hybridized carbons (Fsp3) is 0.429. The summed E-state index contributed by atoms with van der Waals surface area (Å²) in [6, 6.07) is 7.33. The smallest absolute Gasteiger partial charge is 0.323 e. The molecule has 0 spiro atoms. The first-order valence-electron chi connectivity index (χ1n) is 6.32. The topological polar surface area (TPSA) is 76.1 Å². The van der Waals surface area contributed by atoms with Crippen molar-refractivity contribution in [2.75, 3.05) is 39.7 Å². The Kier molecular flexibility index (Phi) is 7.63. The van der Waals surface area contributed by atoms with Gasteiger partial charge in [0.1, 0.15) is 12.3 Å². The van der Waals surface area contributed by atoms with Gasteiger partial charge >= 0.3 is 5.97 Å². The van der Waals surface area contributed by atoms with Crippen LogP contribution in [0.2, 0.25) is 0 Å². The van der Waals surface area contributed by atoms with E-state index in [-0.39, 0.29) is 24.7 Å². The summed E-state index contributed by atoms with van der Waals surface area (Å²) in [5, 5.41) is 8.82. The molecule has 1 aromatic rings. The van der Waals surface area contributed by atoms with Gasteiger partial charge in [0.2, 0.25) is 5.91 Å². The number of carbonyl (C=O) groups is 2. The summed E-state index contributed by atoms with van der Waals surface area (Å²) >= 11 is 1.36. The van der Waals surface area contributed by atoms with Crippen LogP contribution in [0.3, 0.4) is 0 Å². The summed E-state index contributed by atoms with van der Waals surface area (Å²) in [5.74, 6) is -0.328. The summed E-state index contributed by atoms with van der Waals surface area (Å²) < 4.78 is 9.94. The zero-order valence-electron chi connectivity index (χ0n) is 12.1. The maximum Gasteiger partial charge on any atom is 0.323 e. The van der Waals surface area contributed by atoms with Crippen LogP contribution in [-0.2, 0) is 14.3 Å². The molecule has 0 aliphatic carbocycles. The zero-order valence-corrected chi connectivity index (χ0v) is 12.9. The van der Waals surface area contributed by atoms with Crippen LogP contribution in [0, 0.1) is 0 Å². The van der Waals surface area contributed by atoms with Crippen LogP contribution in [0.25, 0.3) is 0 Å². The monoisotopic (exact) mass is 313 g/mol. The van der Waals surface area contributed by atoms with Crippen LogP contribution >= 0.6 is 11.8 Å². The minimum absolute atomic E-state index is 0.184. The number of hydrogen-bond donors (Lipinski definition) is 1. The summed E-state index contributed by atoms with van der Waals surface area (Å²) in [6.07, 6.45) is 0. The van der Waals surface area contributed by atoms with Gasteiger partial charge in [-0.05, 0) is 24.3 Å². The average molecular weight is 313 g/mol. The quantitative estimate of drug-likeness (QED) is 0.694. The number of methoxy groups -OCH3 is 2. The van der Waals surface area contributed by atoms with Crippen molar-refractivity contribution in [2.45, 2.75) is 4.90 Å². The summed E-state index contributed by atoms with van der Waals surface area (Å²) in [7, 11) is 3.10. The Morgan fingerprint density at radius 2 is 1.90 bits per heavy atom. The molecule has 7 heteroatoms. The highest BCUT2D eigenvalue weighted by Crippen LogP contribution is 2.21. The van der Waals surface area contributed by atoms with E-state index < -0.39 is 5.97 Å². The molecule has 0 aliphatic rings. The number of rotatable bonds is 9.